The van der Waals surface area contributed by atoms with Gasteiger partial charge in [0, 0.05) is 13.0 Å². The van der Waals surface area contributed by atoms with E-state index in [4.69, 9.17) is 15.1 Å². The standard InChI is InChI=1S/C20H26FN4O7/c21-15-6-4-14(5-7-15)12-24-32-13-17(26)22-10-2-1-3-11-23-20(31)25-16(19(29)30)8-9-18(27)28/h4-7,11-12,16H,1-3,8-10,13H2,(H,22,26)(H,27,28)(H,29,30)(H2,23,25,31)/b24-12+. The number of carboxylic acids is 2. The number of amides is 3. The number of carbonyl (C=O) groups excluding carboxylic acids is 2. The molecule has 3 amide bonds. The summed E-state index contributed by atoms with van der Waals surface area (Å²) in [6, 6.07) is 3.56. The fourth-order valence-electron chi connectivity index (χ4n) is 2.28. The third-order valence-electron chi connectivity index (χ3n) is 3.92. The van der Waals surface area contributed by atoms with Crippen molar-refractivity contribution in [2.24, 2.45) is 5.16 Å². The van der Waals surface area contributed by atoms with Gasteiger partial charge < -0.3 is 31.0 Å². The zero-order chi connectivity index (χ0) is 23.8. The summed E-state index contributed by atoms with van der Waals surface area (Å²) in [4.78, 5) is 49.6. The van der Waals surface area contributed by atoms with Gasteiger partial charge in [0.15, 0.2) is 6.61 Å². The minimum Gasteiger partial charge on any atom is -0.481 e. The average Bonchev–Trinajstić information content (AvgIpc) is 2.74. The van der Waals surface area contributed by atoms with E-state index in [2.05, 4.69) is 21.1 Å². The largest absolute Gasteiger partial charge is 0.481 e. The van der Waals surface area contributed by atoms with Crippen molar-refractivity contribution in [2.75, 3.05) is 13.2 Å². The zero-order valence-electron chi connectivity index (χ0n) is 17.3. The third kappa shape index (κ3) is 12.8. The molecule has 1 rings (SSSR count). The smallest absolute Gasteiger partial charge is 0.326 e. The molecular weight excluding hydrogens is 427 g/mol. The second kappa shape index (κ2) is 15.2. The minimum atomic E-state index is -1.32. The molecule has 0 aliphatic rings. The molecule has 1 aromatic rings. The van der Waals surface area contributed by atoms with Gasteiger partial charge in [-0.15, -0.1) is 0 Å². The van der Waals surface area contributed by atoms with E-state index in [0.29, 0.717) is 31.4 Å². The van der Waals surface area contributed by atoms with Crippen LogP contribution < -0.4 is 16.0 Å². The Kier molecular flexibility index (Phi) is 12.5. The summed E-state index contributed by atoms with van der Waals surface area (Å²) >= 11 is 0. The van der Waals surface area contributed by atoms with Gasteiger partial charge in [0.25, 0.3) is 5.91 Å². The molecule has 0 aromatic heterocycles. The van der Waals surface area contributed by atoms with E-state index in [1.54, 1.807) is 0 Å². The molecule has 175 valence electrons. The van der Waals surface area contributed by atoms with Crippen molar-refractivity contribution < 1.29 is 38.6 Å². The molecule has 1 atom stereocenters. The SMILES string of the molecule is O=C(O)CCC(NC(=O)N[CH]CCCCNC(=O)CO/N=C/c1ccc(F)cc1)C(=O)O. The van der Waals surface area contributed by atoms with Crippen LogP contribution in [0.3, 0.4) is 0 Å². The summed E-state index contributed by atoms with van der Waals surface area (Å²) in [6.07, 6.45) is 2.51. The Morgan fingerprint density at radius 2 is 1.84 bits per heavy atom. The van der Waals surface area contributed by atoms with Gasteiger partial charge in [0.1, 0.15) is 11.9 Å². The van der Waals surface area contributed by atoms with Gasteiger partial charge in [0.05, 0.1) is 12.8 Å². The van der Waals surface area contributed by atoms with E-state index in [9.17, 15) is 23.6 Å². The van der Waals surface area contributed by atoms with Crippen LogP contribution in [0.5, 0.6) is 0 Å². The number of oxime groups is 1. The first-order chi connectivity index (χ1) is 15.3. The maximum absolute atomic E-state index is 12.8. The lowest BCUT2D eigenvalue weighted by Crippen LogP contribution is -2.45. The predicted molar refractivity (Wildman–Crippen MR) is 111 cm³/mol. The Hall–Kier alpha value is -3.70. The number of hydrogen-bond donors (Lipinski definition) is 5. The van der Waals surface area contributed by atoms with E-state index >= 15 is 0 Å². The highest BCUT2D eigenvalue weighted by molar-refractivity contribution is 5.83. The molecule has 1 unspecified atom stereocenters. The number of rotatable bonds is 15. The van der Waals surface area contributed by atoms with Crippen LogP contribution in [-0.2, 0) is 19.2 Å². The van der Waals surface area contributed by atoms with Crippen LogP contribution in [0.25, 0.3) is 0 Å². The Morgan fingerprint density at radius 3 is 2.50 bits per heavy atom. The van der Waals surface area contributed by atoms with Crippen LogP contribution in [0.15, 0.2) is 29.4 Å². The fraction of sp³-hybridized carbons (Fsp3) is 0.400. The number of carboxylic acid groups (broad SMARTS) is 2. The molecule has 0 fully saturated rings. The summed E-state index contributed by atoms with van der Waals surface area (Å²) in [5.41, 5.74) is 0.629. The van der Waals surface area contributed by atoms with E-state index in [-0.39, 0.29) is 31.2 Å². The van der Waals surface area contributed by atoms with E-state index in [0.717, 1.165) is 0 Å². The molecular formula is C20H26FN4O7. The molecule has 0 aliphatic carbocycles. The number of benzene rings is 1. The van der Waals surface area contributed by atoms with Crippen molar-refractivity contribution in [3.05, 3.63) is 42.2 Å². The highest BCUT2D eigenvalue weighted by atomic mass is 19.1. The molecule has 0 heterocycles. The molecule has 1 aromatic carbocycles. The lowest BCUT2D eigenvalue weighted by Gasteiger charge is -2.14. The first-order valence-corrected chi connectivity index (χ1v) is 9.79. The van der Waals surface area contributed by atoms with Crippen molar-refractivity contribution in [1.82, 2.24) is 16.0 Å². The monoisotopic (exact) mass is 453 g/mol. The quantitative estimate of drug-likeness (QED) is 0.151. The van der Waals surface area contributed by atoms with Gasteiger partial charge >= 0.3 is 18.0 Å². The summed E-state index contributed by atoms with van der Waals surface area (Å²) in [5, 5.41) is 28.4. The summed E-state index contributed by atoms with van der Waals surface area (Å²) in [7, 11) is 0. The van der Waals surface area contributed by atoms with Crippen molar-refractivity contribution in [3.8, 4) is 0 Å². The van der Waals surface area contributed by atoms with Crippen molar-refractivity contribution in [2.45, 2.75) is 38.1 Å². The Morgan fingerprint density at radius 1 is 1.12 bits per heavy atom. The number of hydrogen-bond acceptors (Lipinski definition) is 6. The number of nitrogens with zero attached hydrogens (tertiary/aromatic N) is 1. The fourth-order valence-corrected chi connectivity index (χ4v) is 2.28. The normalized spacial score (nSPS) is 11.5. The summed E-state index contributed by atoms with van der Waals surface area (Å²) < 4.78 is 12.8. The Labute approximate surface area is 184 Å². The van der Waals surface area contributed by atoms with Crippen LogP contribution in [0.4, 0.5) is 9.18 Å². The summed E-state index contributed by atoms with van der Waals surface area (Å²) in [6.45, 7) is 1.57. The maximum Gasteiger partial charge on any atom is 0.326 e. The highest BCUT2D eigenvalue weighted by Gasteiger charge is 2.20. The Balaban J connectivity index is 2.05. The molecule has 1 radical (unpaired) electrons. The second-order valence-corrected chi connectivity index (χ2v) is 6.55. The topological polar surface area (TPSA) is 166 Å². The van der Waals surface area contributed by atoms with Gasteiger partial charge in [0.2, 0.25) is 0 Å². The van der Waals surface area contributed by atoms with Gasteiger partial charge in [-0.3, -0.25) is 9.59 Å². The van der Waals surface area contributed by atoms with E-state index < -0.39 is 24.0 Å². The van der Waals surface area contributed by atoms with Crippen LogP contribution in [0, 0.1) is 12.4 Å². The number of aliphatic carboxylic acids is 2. The van der Waals surface area contributed by atoms with E-state index in [1.165, 1.54) is 37.0 Å². The van der Waals surface area contributed by atoms with Gasteiger partial charge in [-0.1, -0.05) is 17.3 Å². The number of carbonyl (C=O) groups is 4. The number of halogens is 1. The number of urea groups is 1. The molecule has 0 saturated heterocycles. The molecule has 0 bridgehead atoms. The molecule has 5 N–H and O–H groups in total. The van der Waals surface area contributed by atoms with Crippen LogP contribution in [-0.4, -0.2) is 59.5 Å². The lowest BCUT2D eigenvalue weighted by atomic mass is 10.1. The van der Waals surface area contributed by atoms with Crippen LogP contribution in [0.2, 0.25) is 0 Å². The van der Waals surface area contributed by atoms with Crippen molar-refractivity contribution >= 4 is 30.1 Å². The average molecular weight is 453 g/mol. The molecule has 11 nitrogen and oxygen atoms in total. The highest BCUT2D eigenvalue weighted by Crippen LogP contribution is 2.01. The maximum atomic E-state index is 12.8. The third-order valence-corrected chi connectivity index (χ3v) is 3.92. The summed E-state index contributed by atoms with van der Waals surface area (Å²) in [5.74, 6) is -3.19. The van der Waals surface area contributed by atoms with Crippen LogP contribution in [0.1, 0.15) is 37.7 Å². The van der Waals surface area contributed by atoms with Crippen molar-refractivity contribution in [3.63, 3.8) is 0 Å². The van der Waals surface area contributed by atoms with Crippen LogP contribution >= 0.6 is 0 Å². The zero-order valence-corrected chi connectivity index (χ0v) is 17.3. The Bertz CT molecular complexity index is 787. The first kappa shape index (κ1) is 26.3. The molecule has 12 heteroatoms. The van der Waals surface area contributed by atoms with Gasteiger partial charge in [-0.2, -0.15) is 0 Å². The molecule has 0 spiro atoms. The predicted octanol–water partition coefficient (Wildman–Crippen LogP) is 1.24. The number of unbranched alkanes of at least 4 members (excludes halogenated alkanes) is 2. The molecule has 0 aliphatic heterocycles. The molecule has 0 saturated carbocycles. The van der Waals surface area contributed by atoms with E-state index in [1.807, 2.05) is 0 Å². The minimum absolute atomic E-state index is 0.223. The van der Waals surface area contributed by atoms with Gasteiger partial charge in [-0.05, 0) is 43.4 Å². The first-order valence-electron chi connectivity index (χ1n) is 9.79. The van der Waals surface area contributed by atoms with Gasteiger partial charge in [-0.25, -0.2) is 14.0 Å². The second-order valence-electron chi connectivity index (χ2n) is 6.55. The lowest BCUT2D eigenvalue weighted by molar-refractivity contribution is -0.140. The van der Waals surface area contributed by atoms with Crippen molar-refractivity contribution in [1.29, 1.82) is 0 Å². The molecule has 32 heavy (non-hydrogen) atoms. The number of nitrogens with one attached hydrogen (secondary N) is 3.